The van der Waals surface area contributed by atoms with E-state index in [1.165, 1.54) is 0 Å². The monoisotopic (exact) mass is 411 g/mol. The summed E-state index contributed by atoms with van der Waals surface area (Å²) in [7, 11) is 3.11. The topological polar surface area (TPSA) is 93.3 Å². The lowest BCUT2D eigenvalue weighted by atomic mass is 9.84. The number of carbonyl (C=O) groups is 2. The van der Waals surface area contributed by atoms with Gasteiger partial charge in [0.25, 0.3) is 0 Å². The van der Waals surface area contributed by atoms with E-state index < -0.39 is 5.92 Å². The van der Waals surface area contributed by atoms with Gasteiger partial charge in [0.15, 0.2) is 23.1 Å². The Morgan fingerprint density at radius 3 is 2.52 bits per heavy atom. The number of methoxy groups -OCH3 is 2. The minimum Gasteiger partial charge on any atom is -0.493 e. The first-order chi connectivity index (χ1) is 14.0. The van der Waals surface area contributed by atoms with Crippen LogP contribution in [0, 0.1) is 0 Å². The Morgan fingerprint density at radius 1 is 1.10 bits per heavy atom. The van der Waals surface area contributed by atoms with Crippen LogP contribution in [0.4, 0.5) is 5.82 Å². The maximum Gasteiger partial charge on any atom is 0.226 e. The van der Waals surface area contributed by atoms with E-state index in [-0.39, 0.29) is 18.1 Å². The first kappa shape index (κ1) is 19.0. The Morgan fingerprint density at radius 2 is 1.83 bits per heavy atom. The molecule has 29 heavy (non-hydrogen) atoms. The Labute approximate surface area is 172 Å². The maximum atomic E-state index is 13.2. The van der Waals surface area contributed by atoms with Gasteiger partial charge in [0.2, 0.25) is 5.91 Å². The highest BCUT2D eigenvalue weighted by atomic mass is 35.5. The summed E-state index contributed by atoms with van der Waals surface area (Å²) in [5.74, 6) is 0.414. The van der Waals surface area contributed by atoms with Crippen molar-refractivity contribution in [1.29, 1.82) is 0 Å². The Hall–Kier alpha value is -3.32. The highest BCUT2D eigenvalue weighted by Crippen LogP contribution is 2.41. The van der Waals surface area contributed by atoms with Crippen LogP contribution in [0.1, 0.15) is 28.3 Å². The number of nitrogens with zero attached hydrogens (tertiary/aromatic N) is 1. The molecule has 1 aliphatic heterocycles. The van der Waals surface area contributed by atoms with Crippen LogP contribution in [0.2, 0.25) is 5.02 Å². The molecule has 2 N–H and O–H groups in total. The lowest BCUT2D eigenvalue weighted by Gasteiger charge is -2.22. The molecular weight excluding hydrogens is 394 g/mol. The summed E-state index contributed by atoms with van der Waals surface area (Å²) < 4.78 is 10.7. The predicted octanol–water partition coefficient (Wildman–Crippen LogP) is 4.06. The number of fused-ring (bicyclic) bond motifs is 1. The number of nitrogens with one attached hydrogen (secondary N) is 2. The number of hydrogen-bond donors (Lipinski definition) is 2. The summed E-state index contributed by atoms with van der Waals surface area (Å²) in [6.07, 6.45) is 0.0360. The zero-order valence-electron chi connectivity index (χ0n) is 15.8. The van der Waals surface area contributed by atoms with Crippen LogP contribution in [-0.4, -0.2) is 36.1 Å². The molecule has 1 unspecified atom stereocenters. The van der Waals surface area contributed by atoms with Gasteiger partial charge in [-0.2, -0.15) is 5.10 Å². The second-order valence-electron chi connectivity index (χ2n) is 6.61. The van der Waals surface area contributed by atoms with Crippen LogP contribution in [0.3, 0.4) is 0 Å². The summed E-state index contributed by atoms with van der Waals surface area (Å²) >= 11 is 5.93. The van der Waals surface area contributed by atoms with E-state index in [1.54, 1.807) is 50.6 Å². The molecule has 0 saturated heterocycles. The zero-order valence-corrected chi connectivity index (χ0v) is 16.5. The first-order valence-electron chi connectivity index (χ1n) is 8.92. The highest BCUT2D eigenvalue weighted by molar-refractivity contribution is 6.30. The second kappa shape index (κ2) is 7.60. The second-order valence-corrected chi connectivity index (χ2v) is 7.04. The van der Waals surface area contributed by atoms with Crippen molar-refractivity contribution < 1.29 is 19.1 Å². The molecule has 1 atom stereocenters. The molecule has 0 aliphatic carbocycles. The lowest BCUT2D eigenvalue weighted by Crippen LogP contribution is -2.27. The number of rotatable bonds is 5. The number of anilines is 1. The number of aromatic amines is 1. The molecule has 1 aliphatic rings. The third kappa shape index (κ3) is 3.45. The van der Waals surface area contributed by atoms with Gasteiger partial charge in [-0.3, -0.25) is 14.7 Å². The van der Waals surface area contributed by atoms with Crippen molar-refractivity contribution in [2.24, 2.45) is 0 Å². The number of ether oxygens (including phenoxy) is 2. The quantitative estimate of drug-likeness (QED) is 0.617. The summed E-state index contributed by atoms with van der Waals surface area (Å²) in [6.45, 7) is 0. The molecule has 2 heterocycles. The molecular formula is C21H18ClN3O4. The van der Waals surface area contributed by atoms with E-state index in [9.17, 15) is 9.59 Å². The number of amides is 1. The van der Waals surface area contributed by atoms with Gasteiger partial charge >= 0.3 is 0 Å². The minimum atomic E-state index is -0.665. The number of ketones is 1. The van der Waals surface area contributed by atoms with Gasteiger partial charge in [-0.1, -0.05) is 11.6 Å². The third-order valence-corrected chi connectivity index (χ3v) is 5.17. The Kier molecular flexibility index (Phi) is 4.98. The van der Waals surface area contributed by atoms with Crippen molar-refractivity contribution in [2.75, 3.05) is 19.5 Å². The number of hydrogen-bond acceptors (Lipinski definition) is 5. The fourth-order valence-corrected chi connectivity index (χ4v) is 3.63. The van der Waals surface area contributed by atoms with Crippen molar-refractivity contribution in [1.82, 2.24) is 10.2 Å². The average molecular weight is 412 g/mol. The highest BCUT2D eigenvalue weighted by Gasteiger charge is 2.36. The van der Waals surface area contributed by atoms with Crippen molar-refractivity contribution in [2.45, 2.75) is 12.3 Å². The molecule has 0 radical (unpaired) electrons. The van der Waals surface area contributed by atoms with Gasteiger partial charge in [-0.05, 0) is 42.5 Å². The molecule has 4 rings (SSSR count). The van der Waals surface area contributed by atoms with Crippen LogP contribution in [-0.2, 0) is 4.79 Å². The maximum absolute atomic E-state index is 13.2. The number of benzene rings is 2. The smallest absolute Gasteiger partial charge is 0.226 e. The van der Waals surface area contributed by atoms with Crippen molar-refractivity contribution in [3.05, 3.63) is 58.6 Å². The van der Waals surface area contributed by atoms with E-state index in [4.69, 9.17) is 21.1 Å². The van der Waals surface area contributed by atoms with E-state index in [0.29, 0.717) is 39.2 Å². The fraction of sp³-hybridized carbons (Fsp3) is 0.190. The van der Waals surface area contributed by atoms with Crippen molar-refractivity contribution >= 4 is 29.1 Å². The third-order valence-electron chi connectivity index (χ3n) is 4.92. The molecule has 7 nitrogen and oxygen atoms in total. The molecule has 0 fully saturated rings. The molecule has 2 aromatic carbocycles. The van der Waals surface area contributed by atoms with E-state index in [1.807, 2.05) is 6.07 Å². The summed E-state index contributed by atoms with van der Waals surface area (Å²) in [6, 6.07) is 12.0. The Balaban J connectivity index is 1.80. The molecule has 3 aromatic rings. The van der Waals surface area contributed by atoms with Crippen LogP contribution in [0.15, 0.2) is 42.5 Å². The van der Waals surface area contributed by atoms with E-state index in [0.717, 1.165) is 5.56 Å². The van der Waals surface area contributed by atoms with Gasteiger partial charge in [-0.15, -0.1) is 0 Å². The van der Waals surface area contributed by atoms with Gasteiger partial charge in [-0.25, -0.2) is 0 Å². The van der Waals surface area contributed by atoms with Crippen LogP contribution < -0.4 is 14.8 Å². The van der Waals surface area contributed by atoms with E-state index >= 15 is 0 Å². The SMILES string of the molecule is COc1ccc(-c2[nH]nc3c2C(C(=O)c2ccc(Cl)cc2)CC(=O)N3)cc1OC. The van der Waals surface area contributed by atoms with Gasteiger partial charge < -0.3 is 14.8 Å². The molecule has 0 spiro atoms. The van der Waals surface area contributed by atoms with Crippen molar-refractivity contribution in [3.8, 4) is 22.8 Å². The molecule has 8 heteroatoms. The van der Waals surface area contributed by atoms with E-state index in [2.05, 4.69) is 15.5 Å². The largest absolute Gasteiger partial charge is 0.493 e. The van der Waals surface area contributed by atoms with Gasteiger partial charge in [0, 0.05) is 28.1 Å². The van der Waals surface area contributed by atoms with Gasteiger partial charge in [0.05, 0.1) is 25.8 Å². The summed E-state index contributed by atoms with van der Waals surface area (Å²) in [5.41, 5.74) is 2.55. The normalized spacial score (nSPS) is 15.4. The van der Waals surface area contributed by atoms with Crippen LogP contribution in [0.5, 0.6) is 11.5 Å². The number of aromatic nitrogens is 2. The molecule has 0 bridgehead atoms. The average Bonchev–Trinajstić information content (AvgIpc) is 3.16. The van der Waals surface area contributed by atoms with Gasteiger partial charge in [0.1, 0.15) is 0 Å². The predicted molar refractivity (Wildman–Crippen MR) is 109 cm³/mol. The lowest BCUT2D eigenvalue weighted by molar-refractivity contribution is -0.116. The van der Waals surface area contributed by atoms with Crippen LogP contribution >= 0.6 is 11.6 Å². The molecule has 1 amide bonds. The number of carbonyl (C=O) groups excluding carboxylic acids is 2. The molecule has 148 valence electrons. The molecule has 1 aromatic heterocycles. The molecule has 0 saturated carbocycles. The minimum absolute atomic E-state index is 0.0360. The number of Topliss-reactive ketones (excluding diaryl/α,β-unsaturated/α-hetero) is 1. The standard InChI is InChI=1S/C21H18ClN3O4/c1-28-15-8-5-12(9-16(15)29-2)19-18-14(10-17(26)23-21(18)25-24-19)20(27)11-3-6-13(22)7-4-11/h3-9,14H,10H2,1-2H3,(H2,23,24,25,26). The number of halogens is 1. The van der Waals surface area contributed by atoms with Crippen molar-refractivity contribution in [3.63, 3.8) is 0 Å². The van der Waals surface area contributed by atoms with Crippen LogP contribution in [0.25, 0.3) is 11.3 Å². The summed E-state index contributed by atoms with van der Waals surface area (Å²) in [5, 5.41) is 10.4. The first-order valence-corrected chi connectivity index (χ1v) is 9.30. The number of H-pyrrole nitrogens is 1. The Bertz CT molecular complexity index is 1090. The summed E-state index contributed by atoms with van der Waals surface area (Å²) in [4.78, 5) is 25.4. The fourth-order valence-electron chi connectivity index (χ4n) is 3.51. The zero-order chi connectivity index (χ0) is 20.5.